The molecule has 0 spiro atoms. The fourth-order valence-electron chi connectivity index (χ4n) is 4.79. The predicted octanol–water partition coefficient (Wildman–Crippen LogP) is 3.46. The third-order valence-electron chi connectivity index (χ3n) is 6.70. The number of hydrogen-bond donors (Lipinski definition) is 2. The van der Waals surface area contributed by atoms with Gasteiger partial charge in [0.05, 0.1) is 5.56 Å². The van der Waals surface area contributed by atoms with Crippen LogP contribution in [0.2, 0.25) is 0 Å². The quantitative estimate of drug-likeness (QED) is 0.694. The van der Waals surface area contributed by atoms with E-state index in [2.05, 4.69) is 15.3 Å². The summed E-state index contributed by atoms with van der Waals surface area (Å²) in [7, 11) is 0. The average molecular weight is 436 g/mol. The summed E-state index contributed by atoms with van der Waals surface area (Å²) in [6.45, 7) is 1.47. The lowest BCUT2D eigenvalue weighted by Gasteiger charge is -2.32. The summed E-state index contributed by atoms with van der Waals surface area (Å²) in [6.07, 6.45) is 10.1. The number of aryl methyl sites for hydroxylation is 1. The average Bonchev–Trinajstić information content (AvgIpc) is 3.32. The molecule has 2 aromatic rings. The molecular weight excluding hydrogens is 402 g/mol. The second-order valence-electron chi connectivity index (χ2n) is 8.95. The van der Waals surface area contributed by atoms with Crippen LogP contribution in [0.3, 0.4) is 0 Å². The molecule has 4 rings (SSSR count). The van der Waals surface area contributed by atoms with Crippen molar-refractivity contribution in [2.45, 2.75) is 69.7 Å². The van der Waals surface area contributed by atoms with E-state index in [0.29, 0.717) is 17.8 Å². The minimum atomic E-state index is -0.125. The third kappa shape index (κ3) is 5.64. The Bertz CT molecular complexity index is 919. The van der Waals surface area contributed by atoms with E-state index in [4.69, 9.17) is 5.73 Å². The highest BCUT2D eigenvalue weighted by Crippen LogP contribution is 2.28. The molecule has 0 bridgehead atoms. The number of pyridine rings is 2. The van der Waals surface area contributed by atoms with Crippen LogP contribution in [0.25, 0.3) is 0 Å². The van der Waals surface area contributed by atoms with E-state index in [1.165, 1.54) is 12.8 Å². The number of carbonyl (C=O) groups is 2. The number of amides is 2. The monoisotopic (exact) mass is 435 g/mol. The number of nitrogen functional groups attached to an aromatic ring is 1. The number of nitrogens with zero attached hydrogens (tertiary/aromatic N) is 3. The van der Waals surface area contributed by atoms with Crippen molar-refractivity contribution in [2.75, 3.05) is 18.8 Å². The first kappa shape index (κ1) is 22.2. The first-order valence-corrected chi connectivity index (χ1v) is 11.8. The van der Waals surface area contributed by atoms with Crippen molar-refractivity contribution in [3.05, 3.63) is 53.5 Å². The van der Waals surface area contributed by atoms with Gasteiger partial charge in [-0.05, 0) is 62.8 Å². The summed E-state index contributed by atoms with van der Waals surface area (Å²) in [6, 6.07) is 9.86. The number of anilines is 1. The van der Waals surface area contributed by atoms with E-state index in [0.717, 1.165) is 63.0 Å². The Morgan fingerprint density at radius 2 is 1.84 bits per heavy atom. The molecular formula is C25H33N5O2. The lowest BCUT2D eigenvalue weighted by Crippen LogP contribution is -2.38. The lowest BCUT2D eigenvalue weighted by molar-refractivity contribution is -0.132. The fourth-order valence-corrected chi connectivity index (χ4v) is 4.79. The van der Waals surface area contributed by atoms with Gasteiger partial charge in [0.2, 0.25) is 5.91 Å². The Morgan fingerprint density at radius 1 is 1.06 bits per heavy atom. The number of rotatable bonds is 7. The SMILES string of the molecule is Nc1nc(C2CCN(C(=O)CCCc3ccccn3)CC2)ccc1C(=O)NC1CCCC1. The summed E-state index contributed by atoms with van der Waals surface area (Å²) in [5.74, 6) is 0.651. The van der Waals surface area contributed by atoms with E-state index in [1.54, 1.807) is 12.3 Å². The molecule has 1 aliphatic heterocycles. The second kappa shape index (κ2) is 10.6. The molecule has 1 saturated heterocycles. The van der Waals surface area contributed by atoms with Gasteiger partial charge in [0.25, 0.3) is 5.91 Å². The summed E-state index contributed by atoms with van der Waals surface area (Å²) in [5, 5.41) is 3.07. The van der Waals surface area contributed by atoms with Gasteiger partial charge in [-0.2, -0.15) is 0 Å². The van der Waals surface area contributed by atoms with Crippen molar-refractivity contribution in [1.29, 1.82) is 0 Å². The zero-order valence-corrected chi connectivity index (χ0v) is 18.6. The van der Waals surface area contributed by atoms with Gasteiger partial charge in [-0.25, -0.2) is 4.98 Å². The molecule has 170 valence electrons. The van der Waals surface area contributed by atoms with Crippen LogP contribution >= 0.6 is 0 Å². The lowest BCUT2D eigenvalue weighted by atomic mass is 9.92. The molecule has 3 N–H and O–H groups in total. The summed E-state index contributed by atoms with van der Waals surface area (Å²) < 4.78 is 0. The van der Waals surface area contributed by atoms with Crippen LogP contribution in [0, 0.1) is 0 Å². The van der Waals surface area contributed by atoms with Crippen molar-refractivity contribution in [1.82, 2.24) is 20.2 Å². The predicted molar refractivity (Wildman–Crippen MR) is 124 cm³/mol. The smallest absolute Gasteiger partial charge is 0.255 e. The normalized spacial score (nSPS) is 17.4. The molecule has 0 unspecified atom stereocenters. The van der Waals surface area contributed by atoms with Crippen LogP contribution in [-0.2, 0) is 11.2 Å². The highest BCUT2D eigenvalue weighted by atomic mass is 16.2. The molecule has 0 aromatic carbocycles. The van der Waals surface area contributed by atoms with Gasteiger partial charge >= 0.3 is 0 Å². The van der Waals surface area contributed by atoms with Crippen LogP contribution in [0.5, 0.6) is 0 Å². The van der Waals surface area contributed by atoms with Gasteiger partial charge < -0.3 is 16.0 Å². The number of carbonyl (C=O) groups excluding carboxylic acids is 2. The second-order valence-corrected chi connectivity index (χ2v) is 8.95. The molecule has 2 amide bonds. The van der Waals surface area contributed by atoms with E-state index in [9.17, 15) is 9.59 Å². The molecule has 7 nitrogen and oxygen atoms in total. The molecule has 2 aromatic heterocycles. The first-order chi connectivity index (χ1) is 15.6. The first-order valence-electron chi connectivity index (χ1n) is 11.8. The maximum atomic E-state index is 12.6. The van der Waals surface area contributed by atoms with E-state index < -0.39 is 0 Å². The molecule has 3 heterocycles. The van der Waals surface area contributed by atoms with Gasteiger partial charge in [0.1, 0.15) is 5.82 Å². The third-order valence-corrected chi connectivity index (χ3v) is 6.70. The van der Waals surface area contributed by atoms with Gasteiger partial charge in [-0.1, -0.05) is 18.9 Å². The Hall–Kier alpha value is -2.96. The highest BCUT2D eigenvalue weighted by Gasteiger charge is 2.26. The van der Waals surface area contributed by atoms with Crippen molar-refractivity contribution in [3.63, 3.8) is 0 Å². The minimum absolute atomic E-state index is 0.125. The number of likely N-dealkylation sites (tertiary alicyclic amines) is 1. The molecule has 0 atom stereocenters. The van der Waals surface area contributed by atoms with E-state index in [1.807, 2.05) is 29.2 Å². The van der Waals surface area contributed by atoms with Gasteiger partial charge in [0.15, 0.2) is 0 Å². The fraction of sp³-hybridized carbons (Fsp3) is 0.520. The topological polar surface area (TPSA) is 101 Å². The van der Waals surface area contributed by atoms with Crippen molar-refractivity contribution in [3.8, 4) is 0 Å². The van der Waals surface area contributed by atoms with E-state index >= 15 is 0 Å². The Kier molecular flexibility index (Phi) is 7.35. The Balaban J connectivity index is 1.25. The Labute approximate surface area is 189 Å². The Morgan fingerprint density at radius 3 is 2.53 bits per heavy atom. The zero-order valence-electron chi connectivity index (χ0n) is 18.6. The number of nitrogens with two attached hydrogens (primary N) is 1. The van der Waals surface area contributed by atoms with Crippen LogP contribution < -0.4 is 11.1 Å². The maximum absolute atomic E-state index is 12.6. The largest absolute Gasteiger partial charge is 0.383 e. The molecule has 2 aliphatic rings. The van der Waals surface area contributed by atoms with Gasteiger partial charge in [0, 0.05) is 49.1 Å². The van der Waals surface area contributed by atoms with Gasteiger partial charge in [-0.3, -0.25) is 14.6 Å². The van der Waals surface area contributed by atoms with Crippen LogP contribution in [-0.4, -0.2) is 45.8 Å². The van der Waals surface area contributed by atoms with Crippen LogP contribution in [0.4, 0.5) is 5.82 Å². The van der Waals surface area contributed by atoms with Crippen molar-refractivity contribution >= 4 is 17.6 Å². The summed E-state index contributed by atoms with van der Waals surface area (Å²) >= 11 is 0. The van der Waals surface area contributed by atoms with Crippen molar-refractivity contribution < 1.29 is 9.59 Å². The summed E-state index contributed by atoms with van der Waals surface area (Å²) in [5.41, 5.74) is 8.55. The molecule has 1 saturated carbocycles. The van der Waals surface area contributed by atoms with Gasteiger partial charge in [-0.15, -0.1) is 0 Å². The molecule has 32 heavy (non-hydrogen) atoms. The standard InChI is InChI=1S/C25H33N5O2/c26-24-21(25(32)28-20-7-1-2-8-20)11-12-22(29-24)18-13-16-30(17-14-18)23(31)10-5-9-19-6-3-4-15-27-19/h3-4,6,11-12,15,18,20H,1-2,5,7-10,13-14,16-17H2,(H2,26,29)(H,28,32). The highest BCUT2D eigenvalue weighted by molar-refractivity contribution is 5.98. The zero-order chi connectivity index (χ0) is 22.3. The number of piperidine rings is 1. The number of nitrogens with one attached hydrogen (secondary N) is 1. The molecule has 2 fully saturated rings. The molecule has 1 aliphatic carbocycles. The number of aromatic nitrogens is 2. The molecule has 0 radical (unpaired) electrons. The van der Waals surface area contributed by atoms with Crippen LogP contribution in [0.1, 0.15) is 79.0 Å². The van der Waals surface area contributed by atoms with E-state index in [-0.39, 0.29) is 23.8 Å². The maximum Gasteiger partial charge on any atom is 0.255 e. The summed E-state index contributed by atoms with van der Waals surface area (Å²) in [4.78, 5) is 35.9. The number of hydrogen-bond acceptors (Lipinski definition) is 5. The molecule has 7 heteroatoms. The minimum Gasteiger partial charge on any atom is -0.383 e. The van der Waals surface area contributed by atoms with Crippen molar-refractivity contribution in [2.24, 2.45) is 0 Å². The van der Waals surface area contributed by atoms with Crippen LogP contribution in [0.15, 0.2) is 36.5 Å².